The van der Waals surface area contributed by atoms with Crippen molar-refractivity contribution in [3.8, 4) is 11.9 Å². The molecule has 0 spiro atoms. The van der Waals surface area contributed by atoms with Crippen LogP contribution in [0.4, 0.5) is 15.8 Å². The van der Waals surface area contributed by atoms with Gasteiger partial charge in [0.15, 0.2) is 11.5 Å². The van der Waals surface area contributed by atoms with Crippen LogP contribution in [0.3, 0.4) is 0 Å². The zero-order valence-electron chi connectivity index (χ0n) is 11.3. The number of aromatic hydroxyl groups is 1. The molecule has 6 nitrogen and oxygen atoms in total. The molecule has 106 valence electrons. The van der Waals surface area contributed by atoms with Gasteiger partial charge in [0.05, 0.1) is 0 Å². The third kappa shape index (κ3) is 2.51. The molecule has 0 radical (unpaired) electrons. The molecule has 1 heterocycles. The van der Waals surface area contributed by atoms with Crippen molar-refractivity contribution in [3.63, 3.8) is 0 Å². The van der Waals surface area contributed by atoms with Crippen molar-refractivity contribution < 1.29 is 9.50 Å². The van der Waals surface area contributed by atoms with E-state index in [9.17, 15) is 14.3 Å². The molecule has 0 bridgehead atoms. The van der Waals surface area contributed by atoms with Crippen LogP contribution in [-0.4, -0.2) is 9.67 Å². The van der Waals surface area contributed by atoms with Crippen molar-refractivity contribution in [3.05, 3.63) is 51.6 Å². The molecule has 0 aliphatic carbocycles. The summed E-state index contributed by atoms with van der Waals surface area (Å²) in [5, 5.41) is 26.2. The normalized spacial score (nSPS) is 10.8. The predicted molar refractivity (Wildman–Crippen MR) is 73.4 cm³/mol. The molecule has 1 aromatic heterocycles. The molecule has 0 aliphatic heterocycles. The standard InChI is InChI=1S/C14H11FN4O2/c1-8-9(7-16)13(20)19(2)14(21)12(8)18-17-11-6-4-3-5-10(11)15/h3-6,20H,1-2H3. The first-order valence-electron chi connectivity index (χ1n) is 5.96. The van der Waals surface area contributed by atoms with E-state index in [1.807, 2.05) is 0 Å². The highest BCUT2D eigenvalue weighted by Crippen LogP contribution is 2.26. The topological polar surface area (TPSA) is 90.7 Å². The fourth-order valence-electron chi connectivity index (χ4n) is 1.76. The first-order chi connectivity index (χ1) is 9.97. The van der Waals surface area contributed by atoms with E-state index in [2.05, 4.69) is 10.2 Å². The molecule has 0 saturated heterocycles. The third-order valence-corrected chi connectivity index (χ3v) is 3.00. The average Bonchev–Trinajstić information content (AvgIpc) is 2.47. The number of hydrogen-bond donors (Lipinski definition) is 1. The zero-order chi connectivity index (χ0) is 15.6. The molecule has 0 unspecified atom stereocenters. The minimum atomic E-state index is -0.621. The minimum absolute atomic E-state index is 0.0227. The van der Waals surface area contributed by atoms with Gasteiger partial charge in [0, 0.05) is 12.6 Å². The van der Waals surface area contributed by atoms with Gasteiger partial charge in [-0.15, -0.1) is 10.2 Å². The number of azo groups is 1. The van der Waals surface area contributed by atoms with Crippen LogP contribution in [0.25, 0.3) is 0 Å². The second kappa shape index (κ2) is 5.54. The van der Waals surface area contributed by atoms with E-state index in [0.29, 0.717) is 0 Å². The fraction of sp³-hybridized carbons (Fsp3) is 0.143. The highest BCUT2D eigenvalue weighted by Gasteiger charge is 2.17. The Morgan fingerprint density at radius 2 is 2.00 bits per heavy atom. The summed E-state index contributed by atoms with van der Waals surface area (Å²) in [4.78, 5) is 12.0. The number of nitriles is 1. The van der Waals surface area contributed by atoms with E-state index in [1.165, 1.54) is 32.2 Å². The van der Waals surface area contributed by atoms with Gasteiger partial charge in [-0.25, -0.2) is 4.39 Å². The van der Waals surface area contributed by atoms with Gasteiger partial charge in [0.25, 0.3) is 5.56 Å². The van der Waals surface area contributed by atoms with E-state index < -0.39 is 17.3 Å². The molecule has 0 amide bonds. The lowest BCUT2D eigenvalue weighted by Gasteiger charge is -2.08. The van der Waals surface area contributed by atoms with E-state index in [0.717, 1.165) is 4.57 Å². The highest BCUT2D eigenvalue weighted by molar-refractivity contribution is 5.56. The SMILES string of the molecule is Cc1c(C#N)c(O)n(C)c(=O)c1N=Nc1ccccc1F. The van der Waals surface area contributed by atoms with Crippen molar-refractivity contribution in [2.24, 2.45) is 17.3 Å². The van der Waals surface area contributed by atoms with Crippen LogP contribution < -0.4 is 5.56 Å². The second-order valence-corrected chi connectivity index (χ2v) is 4.30. The minimum Gasteiger partial charge on any atom is -0.493 e. The van der Waals surface area contributed by atoms with Crippen LogP contribution in [0.1, 0.15) is 11.1 Å². The Morgan fingerprint density at radius 3 is 2.62 bits per heavy atom. The summed E-state index contributed by atoms with van der Waals surface area (Å²) in [6.07, 6.45) is 0. The van der Waals surface area contributed by atoms with Crippen molar-refractivity contribution in [2.45, 2.75) is 6.92 Å². The lowest BCUT2D eigenvalue weighted by molar-refractivity contribution is 0.421. The molecule has 2 aromatic rings. The van der Waals surface area contributed by atoms with Crippen molar-refractivity contribution in [2.75, 3.05) is 0 Å². The Labute approximate surface area is 119 Å². The largest absolute Gasteiger partial charge is 0.493 e. The Bertz CT molecular complexity index is 834. The molecule has 2 rings (SSSR count). The summed E-state index contributed by atoms with van der Waals surface area (Å²) < 4.78 is 14.3. The molecule has 0 atom stereocenters. The number of benzene rings is 1. The first kappa shape index (κ1) is 14.4. The highest BCUT2D eigenvalue weighted by atomic mass is 19.1. The molecule has 0 saturated carbocycles. The Morgan fingerprint density at radius 1 is 1.33 bits per heavy atom. The molecular weight excluding hydrogens is 275 g/mol. The maximum atomic E-state index is 13.5. The second-order valence-electron chi connectivity index (χ2n) is 4.30. The van der Waals surface area contributed by atoms with Gasteiger partial charge < -0.3 is 5.11 Å². The number of nitrogens with zero attached hydrogens (tertiary/aromatic N) is 4. The number of rotatable bonds is 2. The third-order valence-electron chi connectivity index (χ3n) is 3.00. The maximum Gasteiger partial charge on any atom is 0.281 e. The molecule has 0 fully saturated rings. The number of pyridine rings is 1. The average molecular weight is 286 g/mol. The zero-order valence-corrected chi connectivity index (χ0v) is 11.3. The predicted octanol–water partition coefficient (Wildman–Crippen LogP) is 2.83. The quantitative estimate of drug-likeness (QED) is 0.860. The Balaban J connectivity index is 2.61. The Kier molecular flexibility index (Phi) is 3.80. The van der Waals surface area contributed by atoms with Gasteiger partial charge in [0.2, 0.25) is 5.88 Å². The summed E-state index contributed by atoms with van der Waals surface area (Å²) in [6, 6.07) is 7.51. The van der Waals surface area contributed by atoms with Crippen molar-refractivity contribution in [1.82, 2.24) is 4.57 Å². The van der Waals surface area contributed by atoms with Gasteiger partial charge >= 0.3 is 0 Å². The molecule has 7 heteroatoms. The molecule has 1 N–H and O–H groups in total. The smallest absolute Gasteiger partial charge is 0.281 e. The number of halogens is 1. The lowest BCUT2D eigenvalue weighted by Crippen LogP contribution is -2.18. The maximum absolute atomic E-state index is 13.5. The van der Waals surface area contributed by atoms with Crippen LogP contribution in [0, 0.1) is 24.1 Å². The Hall–Kier alpha value is -3.01. The molecule has 1 aromatic carbocycles. The monoisotopic (exact) mass is 286 g/mol. The van der Waals surface area contributed by atoms with Gasteiger partial charge in [-0.2, -0.15) is 5.26 Å². The van der Waals surface area contributed by atoms with Crippen LogP contribution in [0.15, 0.2) is 39.3 Å². The van der Waals surface area contributed by atoms with Gasteiger partial charge in [0.1, 0.15) is 17.3 Å². The van der Waals surface area contributed by atoms with Crippen molar-refractivity contribution in [1.29, 1.82) is 5.26 Å². The molecular formula is C14H11FN4O2. The van der Waals surface area contributed by atoms with Crippen LogP contribution >= 0.6 is 0 Å². The summed E-state index contributed by atoms with van der Waals surface area (Å²) in [7, 11) is 1.31. The van der Waals surface area contributed by atoms with E-state index >= 15 is 0 Å². The van der Waals surface area contributed by atoms with E-state index in [4.69, 9.17) is 5.26 Å². The fourth-order valence-corrected chi connectivity index (χ4v) is 1.76. The molecule has 21 heavy (non-hydrogen) atoms. The van der Waals surface area contributed by atoms with E-state index in [1.54, 1.807) is 12.1 Å². The first-order valence-corrected chi connectivity index (χ1v) is 5.96. The van der Waals surface area contributed by atoms with Gasteiger partial charge in [-0.3, -0.25) is 9.36 Å². The van der Waals surface area contributed by atoms with Gasteiger partial charge in [-0.05, 0) is 19.1 Å². The summed E-state index contributed by atoms with van der Waals surface area (Å²) >= 11 is 0. The van der Waals surface area contributed by atoms with Crippen LogP contribution in [-0.2, 0) is 7.05 Å². The summed E-state index contributed by atoms with van der Waals surface area (Å²) in [6.45, 7) is 1.47. The van der Waals surface area contributed by atoms with Gasteiger partial charge in [-0.1, -0.05) is 12.1 Å². The van der Waals surface area contributed by atoms with Crippen LogP contribution in [0.2, 0.25) is 0 Å². The number of aromatic nitrogens is 1. The lowest BCUT2D eigenvalue weighted by atomic mass is 10.1. The molecule has 0 aliphatic rings. The van der Waals surface area contributed by atoms with Crippen molar-refractivity contribution >= 4 is 11.4 Å². The van der Waals surface area contributed by atoms with E-state index in [-0.39, 0.29) is 22.5 Å². The van der Waals surface area contributed by atoms with Crippen LogP contribution in [0.5, 0.6) is 5.88 Å². The summed E-state index contributed by atoms with van der Waals surface area (Å²) in [5.41, 5.74) is -0.637. The summed E-state index contributed by atoms with van der Waals surface area (Å²) in [5.74, 6) is -1.01. The number of hydrogen-bond acceptors (Lipinski definition) is 5.